The van der Waals surface area contributed by atoms with Crippen LogP contribution in [0.4, 0.5) is 0 Å². The van der Waals surface area contributed by atoms with Crippen LogP contribution in [0, 0.1) is 12.8 Å². The van der Waals surface area contributed by atoms with Crippen LogP contribution in [0.3, 0.4) is 0 Å². The van der Waals surface area contributed by atoms with E-state index in [1.165, 1.54) is 35.4 Å². The van der Waals surface area contributed by atoms with E-state index < -0.39 is 0 Å². The lowest BCUT2D eigenvalue weighted by Crippen LogP contribution is -2.22. The van der Waals surface area contributed by atoms with E-state index in [1.807, 2.05) is 11.3 Å². The van der Waals surface area contributed by atoms with Gasteiger partial charge in [-0.05, 0) is 44.9 Å². The first-order valence-corrected chi connectivity index (χ1v) is 6.36. The van der Waals surface area contributed by atoms with Crippen LogP contribution in [0.2, 0.25) is 0 Å². The molecule has 14 heavy (non-hydrogen) atoms. The van der Waals surface area contributed by atoms with Crippen LogP contribution >= 0.6 is 11.3 Å². The lowest BCUT2D eigenvalue weighted by molar-refractivity contribution is 0.395. The van der Waals surface area contributed by atoms with Crippen LogP contribution in [0.5, 0.6) is 0 Å². The number of rotatable bonds is 3. The molecule has 0 radical (unpaired) electrons. The van der Waals surface area contributed by atoms with Gasteiger partial charge in [0.05, 0.1) is 0 Å². The summed E-state index contributed by atoms with van der Waals surface area (Å²) in [4.78, 5) is 2.95. The van der Waals surface area contributed by atoms with E-state index in [-0.39, 0.29) is 0 Å². The maximum Gasteiger partial charge on any atom is 0.0441 e. The van der Waals surface area contributed by atoms with Crippen molar-refractivity contribution in [2.45, 2.75) is 38.6 Å². The molecular formula is C12H19NS. The largest absolute Gasteiger partial charge is 0.312 e. The molecule has 1 aromatic heterocycles. The zero-order chi connectivity index (χ0) is 9.97. The van der Waals surface area contributed by atoms with Gasteiger partial charge in [-0.2, -0.15) is 0 Å². The average Bonchev–Trinajstić information content (AvgIpc) is 2.79. The Morgan fingerprint density at radius 3 is 2.57 bits per heavy atom. The molecule has 1 atom stereocenters. The smallest absolute Gasteiger partial charge is 0.0441 e. The minimum absolute atomic E-state index is 0.608. The van der Waals surface area contributed by atoms with Crippen LogP contribution in [0.1, 0.15) is 41.5 Å². The normalized spacial score (nSPS) is 20.1. The second kappa shape index (κ2) is 4.45. The summed E-state index contributed by atoms with van der Waals surface area (Å²) in [5, 5.41) is 3.48. The lowest BCUT2D eigenvalue weighted by Gasteiger charge is -2.21. The topological polar surface area (TPSA) is 12.0 Å². The zero-order valence-corrected chi connectivity index (χ0v) is 9.86. The molecule has 0 bridgehead atoms. The standard InChI is InChI=1S/C12H19NS/c1-9-7-8-11(14-9)12(13-2)10-5-3-4-6-10/h7-8,10,12-13H,3-6H2,1-2H3. The van der Waals surface area contributed by atoms with Crippen LogP contribution in [0.25, 0.3) is 0 Å². The number of hydrogen-bond donors (Lipinski definition) is 1. The monoisotopic (exact) mass is 209 g/mol. The summed E-state index contributed by atoms with van der Waals surface area (Å²) in [6.07, 6.45) is 5.66. The predicted molar refractivity (Wildman–Crippen MR) is 62.8 cm³/mol. The van der Waals surface area contributed by atoms with Gasteiger partial charge in [0.15, 0.2) is 0 Å². The fourth-order valence-electron chi connectivity index (χ4n) is 2.52. The SMILES string of the molecule is CNC(c1ccc(C)s1)C1CCCC1. The molecule has 1 unspecified atom stereocenters. The molecule has 2 heteroatoms. The highest BCUT2D eigenvalue weighted by atomic mass is 32.1. The van der Waals surface area contributed by atoms with Crippen LogP contribution in [-0.2, 0) is 0 Å². The van der Waals surface area contributed by atoms with E-state index >= 15 is 0 Å². The molecular weight excluding hydrogens is 190 g/mol. The van der Waals surface area contributed by atoms with Crippen molar-refractivity contribution in [3.05, 3.63) is 21.9 Å². The highest BCUT2D eigenvalue weighted by Crippen LogP contribution is 2.37. The van der Waals surface area contributed by atoms with Gasteiger partial charge in [-0.25, -0.2) is 0 Å². The van der Waals surface area contributed by atoms with Gasteiger partial charge >= 0.3 is 0 Å². The minimum atomic E-state index is 0.608. The molecule has 1 saturated carbocycles. The maximum absolute atomic E-state index is 3.48. The Morgan fingerprint density at radius 1 is 1.36 bits per heavy atom. The Labute approximate surface area is 90.5 Å². The molecule has 1 aliphatic rings. The average molecular weight is 209 g/mol. The fraction of sp³-hybridized carbons (Fsp3) is 0.667. The summed E-state index contributed by atoms with van der Waals surface area (Å²) in [5.41, 5.74) is 0. The van der Waals surface area contributed by atoms with Gasteiger partial charge in [0.25, 0.3) is 0 Å². The van der Waals surface area contributed by atoms with Crippen molar-refractivity contribution in [3.63, 3.8) is 0 Å². The summed E-state index contributed by atoms with van der Waals surface area (Å²) < 4.78 is 0. The quantitative estimate of drug-likeness (QED) is 0.803. The van der Waals surface area contributed by atoms with Gasteiger partial charge in [0.1, 0.15) is 0 Å². The van der Waals surface area contributed by atoms with Gasteiger partial charge in [-0.1, -0.05) is 12.8 Å². The molecule has 1 heterocycles. The molecule has 0 amide bonds. The molecule has 0 spiro atoms. The Hall–Kier alpha value is -0.340. The van der Waals surface area contributed by atoms with Gasteiger partial charge < -0.3 is 5.32 Å². The van der Waals surface area contributed by atoms with Gasteiger partial charge in [0, 0.05) is 15.8 Å². The number of thiophene rings is 1. The summed E-state index contributed by atoms with van der Waals surface area (Å²) >= 11 is 1.94. The molecule has 0 saturated heterocycles. The first-order chi connectivity index (χ1) is 6.81. The van der Waals surface area contributed by atoms with Gasteiger partial charge in [-0.15, -0.1) is 11.3 Å². The molecule has 1 aliphatic carbocycles. The third-order valence-corrected chi connectivity index (χ3v) is 4.33. The number of aryl methyl sites for hydroxylation is 1. The van der Waals surface area contributed by atoms with Crippen molar-refractivity contribution >= 4 is 11.3 Å². The molecule has 0 aliphatic heterocycles. The Morgan fingerprint density at radius 2 is 2.07 bits per heavy atom. The molecule has 1 nitrogen and oxygen atoms in total. The van der Waals surface area contributed by atoms with Crippen molar-refractivity contribution in [2.24, 2.45) is 5.92 Å². The van der Waals surface area contributed by atoms with Crippen LogP contribution < -0.4 is 5.32 Å². The summed E-state index contributed by atoms with van der Waals surface area (Å²) in [5.74, 6) is 0.873. The summed E-state index contributed by atoms with van der Waals surface area (Å²) in [6.45, 7) is 2.19. The molecule has 1 N–H and O–H groups in total. The van der Waals surface area contributed by atoms with Gasteiger partial charge in [0.2, 0.25) is 0 Å². The Kier molecular flexibility index (Phi) is 3.24. The lowest BCUT2D eigenvalue weighted by atomic mass is 9.97. The van der Waals surface area contributed by atoms with E-state index in [0.29, 0.717) is 6.04 Å². The molecule has 1 aromatic rings. The maximum atomic E-state index is 3.48. The zero-order valence-electron chi connectivity index (χ0n) is 9.05. The van der Waals surface area contributed by atoms with Crippen molar-refractivity contribution in [1.29, 1.82) is 0 Å². The predicted octanol–water partition coefficient (Wildman–Crippen LogP) is 3.51. The third kappa shape index (κ3) is 2.01. The highest BCUT2D eigenvalue weighted by molar-refractivity contribution is 7.12. The molecule has 0 aromatic carbocycles. The Balaban J connectivity index is 2.12. The van der Waals surface area contributed by atoms with Crippen molar-refractivity contribution in [3.8, 4) is 0 Å². The molecule has 2 rings (SSSR count). The minimum Gasteiger partial charge on any atom is -0.312 e. The van der Waals surface area contributed by atoms with Gasteiger partial charge in [-0.3, -0.25) is 0 Å². The summed E-state index contributed by atoms with van der Waals surface area (Å²) in [7, 11) is 2.10. The van der Waals surface area contributed by atoms with Crippen LogP contribution in [0.15, 0.2) is 12.1 Å². The number of nitrogens with one attached hydrogen (secondary N) is 1. The number of hydrogen-bond acceptors (Lipinski definition) is 2. The van der Waals surface area contributed by atoms with Crippen molar-refractivity contribution in [2.75, 3.05) is 7.05 Å². The Bertz CT molecular complexity index is 286. The van der Waals surface area contributed by atoms with Crippen LogP contribution in [-0.4, -0.2) is 7.05 Å². The van der Waals surface area contributed by atoms with E-state index in [0.717, 1.165) is 5.92 Å². The summed E-state index contributed by atoms with van der Waals surface area (Å²) in [6, 6.07) is 5.13. The highest BCUT2D eigenvalue weighted by Gasteiger charge is 2.25. The van der Waals surface area contributed by atoms with E-state index in [2.05, 4.69) is 31.4 Å². The second-order valence-corrected chi connectivity index (χ2v) is 5.58. The molecule has 78 valence electrons. The second-order valence-electron chi connectivity index (χ2n) is 4.26. The third-order valence-electron chi connectivity index (χ3n) is 3.25. The fourth-order valence-corrected chi connectivity index (χ4v) is 3.60. The molecule has 1 fully saturated rings. The van der Waals surface area contributed by atoms with Crippen molar-refractivity contribution in [1.82, 2.24) is 5.32 Å². The van der Waals surface area contributed by atoms with Crippen molar-refractivity contribution < 1.29 is 0 Å². The first-order valence-electron chi connectivity index (χ1n) is 5.55. The van der Waals surface area contributed by atoms with E-state index in [1.54, 1.807) is 0 Å². The van der Waals surface area contributed by atoms with E-state index in [9.17, 15) is 0 Å². The van der Waals surface area contributed by atoms with E-state index in [4.69, 9.17) is 0 Å². The first kappa shape index (κ1) is 10.2.